The molecule has 0 aliphatic carbocycles. The quantitative estimate of drug-likeness (QED) is 0.525. The maximum absolute atomic E-state index is 13.1. The van der Waals surface area contributed by atoms with E-state index in [1.54, 1.807) is 35.2 Å². The van der Waals surface area contributed by atoms with E-state index in [0.29, 0.717) is 41.2 Å². The number of anilines is 1. The van der Waals surface area contributed by atoms with E-state index in [0.717, 1.165) is 27.1 Å². The van der Waals surface area contributed by atoms with Crippen LogP contribution in [0.1, 0.15) is 60.3 Å². The Bertz CT molecular complexity index is 1380. The molecule has 0 radical (unpaired) electrons. The van der Waals surface area contributed by atoms with E-state index in [4.69, 9.17) is 6.42 Å². The van der Waals surface area contributed by atoms with Crippen LogP contribution < -0.4 is 5.32 Å². The molecule has 2 amide bonds. The number of benzene rings is 2. The Kier molecular flexibility index (Phi) is 6.63. The molecule has 0 atom stereocenters. The first kappa shape index (κ1) is 23.0. The van der Waals surface area contributed by atoms with Crippen molar-refractivity contribution in [2.75, 3.05) is 11.9 Å². The average molecular weight is 466 g/mol. The van der Waals surface area contributed by atoms with Gasteiger partial charge < -0.3 is 10.2 Å². The zero-order valence-corrected chi connectivity index (χ0v) is 19.8. The van der Waals surface area contributed by atoms with Crippen LogP contribution in [0.15, 0.2) is 48.5 Å². The van der Waals surface area contributed by atoms with Crippen LogP contribution in [0, 0.1) is 30.6 Å². The van der Waals surface area contributed by atoms with Gasteiger partial charge in [0.2, 0.25) is 0 Å². The van der Waals surface area contributed by atoms with Crippen LogP contribution in [-0.2, 0) is 13.0 Å². The molecule has 1 aliphatic heterocycles. The largest absolute Gasteiger partial charge is 0.333 e. The molecule has 0 fully saturated rings. The van der Waals surface area contributed by atoms with E-state index >= 15 is 0 Å². The summed E-state index contributed by atoms with van der Waals surface area (Å²) in [6.07, 6.45) is 9.77. The minimum atomic E-state index is -0.256. The van der Waals surface area contributed by atoms with Crippen molar-refractivity contribution in [1.82, 2.24) is 4.90 Å². The Hall–Kier alpha value is -4.13. The first-order chi connectivity index (χ1) is 16.5. The number of nitrogens with one attached hydrogen (secondary N) is 1. The summed E-state index contributed by atoms with van der Waals surface area (Å²) in [6.45, 7) is 4.77. The van der Waals surface area contributed by atoms with Crippen molar-refractivity contribution in [2.24, 2.45) is 0 Å². The second-order valence-electron chi connectivity index (χ2n) is 8.01. The number of fused-ring (bicyclic) bond motifs is 1. The van der Waals surface area contributed by atoms with E-state index in [2.05, 4.69) is 17.3 Å². The number of nitriles is 1. The summed E-state index contributed by atoms with van der Waals surface area (Å²) >= 11 is 1.36. The smallest absolute Gasteiger partial charge is 0.256 e. The molecule has 2 aromatic carbocycles. The zero-order valence-electron chi connectivity index (χ0n) is 19.0. The summed E-state index contributed by atoms with van der Waals surface area (Å²) in [7, 11) is 0. The molecule has 1 N–H and O–H groups in total. The third-order valence-corrected chi connectivity index (χ3v) is 7.02. The van der Waals surface area contributed by atoms with Crippen molar-refractivity contribution in [1.29, 1.82) is 5.26 Å². The molecule has 0 spiro atoms. The molecule has 0 saturated carbocycles. The van der Waals surface area contributed by atoms with Crippen LogP contribution in [0.2, 0.25) is 0 Å². The molecule has 2 heterocycles. The number of rotatable bonds is 4. The lowest BCUT2D eigenvalue weighted by atomic mass is 10.0. The molecule has 1 aromatic heterocycles. The van der Waals surface area contributed by atoms with Gasteiger partial charge in [0.25, 0.3) is 11.8 Å². The molecule has 1 aliphatic rings. The first-order valence-electron chi connectivity index (χ1n) is 10.9. The lowest BCUT2D eigenvalue weighted by Gasteiger charge is -2.27. The minimum absolute atomic E-state index is 0.0810. The van der Waals surface area contributed by atoms with Crippen LogP contribution in [0.25, 0.3) is 6.08 Å². The number of carbonyl (C=O) groups excluding carboxylic acids is 2. The van der Waals surface area contributed by atoms with E-state index < -0.39 is 0 Å². The molecular formula is C28H23N3O2S. The summed E-state index contributed by atoms with van der Waals surface area (Å²) in [6, 6.07) is 14.8. The van der Waals surface area contributed by atoms with Gasteiger partial charge in [0, 0.05) is 28.1 Å². The highest BCUT2D eigenvalue weighted by atomic mass is 32.1. The lowest BCUT2D eigenvalue weighted by molar-refractivity contribution is 0.0737. The van der Waals surface area contributed by atoms with Crippen LogP contribution in [0.5, 0.6) is 0 Å². The number of hydrogen-bond donors (Lipinski definition) is 1. The molecule has 0 unspecified atom stereocenters. The van der Waals surface area contributed by atoms with E-state index in [-0.39, 0.29) is 11.8 Å². The second-order valence-corrected chi connectivity index (χ2v) is 9.11. The molecule has 4 rings (SSSR count). The predicted molar refractivity (Wildman–Crippen MR) is 136 cm³/mol. The highest BCUT2D eigenvalue weighted by Crippen LogP contribution is 2.37. The van der Waals surface area contributed by atoms with Crippen molar-refractivity contribution >= 4 is 34.2 Å². The number of aryl methyl sites for hydroxylation is 1. The summed E-state index contributed by atoms with van der Waals surface area (Å²) in [4.78, 5) is 28.8. The van der Waals surface area contributed by atoms with Gasteiger partial charge in [0.15, 0.2) is 0 Å². The van der Waals surface area contributed by atoms with Crippen LogP contribution in [0.3, 0.4) is 0 Å². The Morgan fingerprint density at radius 1 is 1.21 bits per heavy atom. The number of allylic oxidation sites excluding steroid dienone is 1. The SMILES string of the molecule is C#Cc1ccc(C(=O)N2CCc3c(sc(NC(=O)c4cccc(C)c4/C=C\C)c3C#N)C2)cc1. The minimum Gasteiger partial charge on any atom is -0.333 e. The van der Waals surface area contributed by atoms with Gasteiger partial charge in [-0.1, -0.05) is 30.2 Å². The van der Waals surface area contributed by atoms with E-state index in [1.165, 1.54) is 11.3 Å². The van der Waals surface area contributed by atoms with E-state index in [1.807, 2.05) is 38.1 Å². The van der Waals surface area contributed by atoms with E-state index in [9.17, 15) is 14.9 Å². The Labute approximate surface area is 203 Å². The van der Waals surface area contributed by atoms with Crippen molar-refractivity contribution in [2.45, 2.75) is 26.8 Å². The molecular weight excluding hydrogens is 442 g/mol. The topological polar surface area (TPSA) is 73.2 Å². The van der Waals surface area contributed by atoms with Gasteiger partial charge in [0.05, 0.1) is 12.1 Å². The van der Waals surface area contributed by atoms with Gasteiger partial charge in [-0.15, -0.1) is 17.8 Å². The van der Waals surface area contributed by atoms with Gasteiger partial charge in [-0.25, -0.2) is 0 Å². The van der Waals surface area contributed by atoms with Crippen molar-refractivity contribution in [3.8, 4) is 18.4 Å². The fourth-order valence-corrected chi connectivity index (χ4v) is 5.32. The summed E-state index contributed by atoms with van der Waals surface area (Å²) in [5.41, 5.74) is 5.10. The number of thiophene rings is 1. The van der Waals surface area contributed by atoms with Gasteiger partial charge in [-0.2, -0.15) is 5.26 Å². The highest BCUT2D eigenvalue weighted by molar-refractivity contribution is 7.16. The van der Waals surface area contributed by atoms with Gasteiger partial charge in [0.1, 0.15) is 11.1 Å². The van der Waals surface area contributed by atoms with Crippen LogP contribution in [0.4, 0.5) is 5.00 Å². The van der Waals surface area contributed by atoms with Gasteiger partial charge in [-0.05, 0) is 67.3 Å². The average Bonchev–Trinajstić information content (AvgIpc) is 3.20. The predicted octanol–water partition coefficient (Wildman–Crippen LogP) is 5.39. The molecule has 0 saturated heterocycles. The zero-order chi connectivity index (χ0) is 24.2. The fourth-order valence-electron chi connectivity index (χ4n) is 4.11. The maximum atomic E-state index is 13.1. The van der Waals surface area contributed by atoms with Crippen molar-refractivity contribution < 1.29 is 9.59 Å². The Balaban J connectivity index is 1.58. The Morgan fingerprint density at radius 3 is 2.65 bits per heavy atom. The molecule has 3 aromatic rings. The monoisotopic (exact) mass is 465 g/mol. The number of terminal acetylenes is 1. The molecule has 168 valence electrons. The lowest BCUT2D eigenvalue weighted by Crippen LogP contribution is -2.35. The normalized spacial score (nSPS) is 12.6. The third-order valence-electron chi connectivity index (χ3n) is 5.88. The first-order valence-corrected chi connectivity index (χ1v) is 11.7. The van der Waals surface area contributed by atoms with Crippen molar-refractivity contribution in [3.05, 3.63) is 92.4 Å². The summed E-state index contributed by atoms with van der Waals surface area (Å²) in [5.74, 6) is 2.21. The number of carbonyl (C=O) groups is 2. The van der Waals surface area contributed by atoms with Crippen molar-refractivity contribution in [3.63, 3.8) is 0 Å². The maximum Gasteiger partial charge on any atom is 0.256 e. The molecule has 6 heteroatoms. The highest BCUT2D eigenvalue weighted by Gasteiger charge is 2.28. The standard InChI is InChI=1S/C28H23N3O2S/c1-4-7-21-18(3)8-6-9-23(21)26(32)30-27-24(16-29)22-14-15-31(17-25(22)34-27)28(33)20-12-10-19(5-2)11-13-20/h2,4,6-13H,14-15,17H2,1,3H3,(H,30,32)/b7-4-. The number of amides is 2. The molecule has 5 nitrogen and oxygen atoms in total. The third kappa shape index (κ3) is 4.37. The summed E-state index contributed by atoms with van der Waals surface area (Å²) < 4.78 is 0. The fraction of sp³-hybridized carbons (Fsp3) is 0.179. The van der Waals surface area contributed by atoms with Gasteiger partial charge in [-0.3, -0.25) is 9.59 Å². The van der Waals surface area contributed by atoms with Gasteiger partial charge >= 0.3 is 0 Å². The second kappa shape index (κ2) is 9.79. The Morgan fingerprint density at radius 2 is 1.97 bits per heavy atom. The van der Waals surface area contributed by atoms with Crippen LogP contribution in [-0.4, -0.2) is 23.3 Å². The molecule has 34 heavy (non-hydrogen) atoms. The van der Waals surface area contributed by atoms with Crippen LogP contribution >= 0.6 is 11.3 Å². The number of hydrogen-bond acceptors (Lipinski definition) is 4. The number of nitrogens with zero attached hydrogens (tertiary/aromatic N) is 2. The summed E-state index contributed by atoms with van der Waals surface area (Å²) in [5, 5.41) is 13.3. The molecule has 0 bridgehead atoms.